The Morgan fingerprint density at radius 3 is 2.22 bits per heavy atom. The van der Waals surface area contributed by atoms with Crippen molar-refractivity contribution in [3.8, 4) is 0 Å². The molecule has 2 N–H and O–H groups in total. The largest absolute Gasteiger partial charge is 0.394 e. The SMILES string of the molecule is O=[N+]([O-])O.OCC1CO1. The maximum Gasteiger partial charge on any atom is 0.291 e. The van der Waals surface area contributed by atoms with Crippen LogP contribution in [0.1, 0.15) is 0 Å². The van der Waals surface area contributed by atoms with Gasteiger partial charge in [0.1, 0.15) is 6.10 Å². The second-order valence-corrected chi connectivity index (χ2v) is 1.38. The second-order valence-electron chi connectivity index (χ2n) is 1.38. The summed E-state index contributed by atoms with van der Waals surface area (Å²) in [5, 5.41) is 21.7. The first-order valence-electron chi connectivity index (χ1n) is 2.22. The molecule has 1 rings (SSSR count). The Kier molecular flexibility index (Phi) is 3.65. The molecule has 0 aliphatic carbocycles. The summed E-state index contributed by atoms with van der Waals surface area (Å²) in [4.78, 5) is 8.36. The van der Waals surface area contributed by atoms with E-state index >= 15 is 0 Å². The van der Waals surface area contributed by atoms with Crippen LogP contribution in [0, 0.1) is 10.1 Å². The van der Waals surface area contributed by atoms with Crippen LogP contribution in [-0.2, 0) is 4.74 Å². The summed E-state index contributed by atoms with van der Waals surface area (Å²) >= 11 is 0. The van der Waals surface area contributed by atoms with Crippen LogP contribution in [0.4, 0.5) is 0 Å². The molecular weight excluding hydrogens is 130 g/mol. The van der Waals surface area contributed by atoms with Crippen molar-refractivity contribution < 1.29 is 20.1 Å². The molecule has 0 aromatic rings. The van der Waals surface area contributed by atoms with Crippen molar-refractivity contribution in [2.24, 2.45) is 0 Å². The number of aliphatic hydroxyl groups is 1. The Morgan fingerprint density at radius 1 is 1.89 bits per heavy atom. The van der Waals surface area contributed by atoms with Gasteiger partial charge in [-0.25, -0.2) is 0 Å². The molecule has 0 aromatic carbocycles. The number of epoxide rings is 1. The third-order valence-electron chi connectivity index (χ3n) is 0.606. The van der Waals surface area contributed by atoms with Gasteiger partial charge in [0.25, 0.3) is 5.09 Å². The minimum Gasteiger partial charge on any atom is -0.394 e. The van der Waals surface area contributed by atoms with Crippen molar-refractivity contribution in [1.82, 2.24) is 0 Å². The summed E-state index contributed by atoms with van der Waals surface area (Å²) in [5.74, 6) is 0. The third-order valence-corrected chi connectivity index (χ3v) is 0.606. The van der Waals surface area contributed by atoms with Gasteiger partial charge in [-0.05, 0) is 0 Å². The summed E-state index contributed by atoms with van der Waals surface area (Å²) in [5.41, 5.74) is 0. The average Bonchev–Trinajstić information content (AvgIpc) is 2.43. The summed E-state index contributed by atoms with van der Waals surface area (Å²) in [6.45, 7) is 0.955. The van der Waals surface area contributed by atoms with Crippen LogP contribution < -0.4 is 0 Å². The molecule has 1 unspecified atom stereocenters. The van der Waals surface area contributed by atoms with Crippen LogP contribution in [0.25, 0.3) is 0 Å². The van der Waals surface area contributed by atoms with Gasteiger partial charge in [0.2, 0.25) is 0 Å². The van der Waals surface area contributed by atoms with Gasteiger partial charge in [0.15, 0.2) is 0 Å². The van der Waals surface area contributed by atoms with Crippen molar-refractivity contribution >= 4 is 0 Å². The standard InChI is InChI=1S/C3H6O2.HNO3/c4-1-3-2-5-3;2-1(3)4/h3-4H,1-2H2;(H,2,3,4). The van der Waals surface area contributed by atoms with Crippen LogP contribution in [0.2, 0.25) is 0 Å². The molecule has 0 amide bonds. The molecule has 0 aromatic heterocycles. The molecule has 0 saturated carbocycles. The van der Waals surface area contributed by atoms with Crippen molar-refractivity contribution in [2.75, 3.05) is 13.2 Å². The molecule has 6 heteroatoms. The average molecular weight is 137 g/mol. The minimum atomic E-state index is -1.50. The zero-order chi connectivity index (χ0) is 7.28. The van der Waals surface area contributed by atoms with Gasteiger partial charge in [-0.15, -0.1) is 10.1 Å². The lowest BCUT2D eigenvalue weighted by molar-refractivity contribution is -0.742. The molecule has 1 aliphatic heterocycles. The Morgan fingerprint density at radius 2 is 2.22 bits per heavy atom. The fourth-order valence-corrected chi connectivity index (χ4v) is 0.173. The number of aliphatic hydroxyl groups excluding tert-OH is 1. The Hall–Kier alpha value is -0.880. The van der Waals surface area contributed by atoms with Crippen LogP contribution in [0.15, 0.2) is 0 Å². The van der Waals surface area contributed by atoms with Gasteiger partial charge >= 0.3 is 0 Å². The predicted molar refractivity (Wildman–Crippen MR) is 25.6 cm³/mol. The maximum atomic E-state index is 8.36. The summed E-state index contributed by atoms with van der Waals surface area (Å²) in [6.07, 6.45) is 0.190. The van der Waals surface area contributed by atoms with E-state index in [-0.39, 0.29) is 12.7 Å². The zero-order valence-corrected chi connectivity index (χ0v) is 4.56. The lowest BCUT2D eigenvalue weighted by Gasteiger charge is -1.70. The van der Waals surface area contributed by atoms with Crippen molar-refractivity contribution in [2.45, 2.75) is 6.10 Å². The first-order valence-corrected chi connectivity index (χ1v) is 2.22. The van der Waals surface area contributed by atoms with Gasteiger partial charge in [-0.1, -0.05) is 0 Å². The van der Waals surface area contributed by atoms with Crippen LogP contribution in [0.3, 0.4) is 0 Å². The molecule has 54 valence electrons. The van der Waals surface area contributed by atoms with E-state index in [0.717, 1.165) is 6.61 Å². The quantitative estimate of drug-likeness (QED) is 0.275. The van der Waals surface area contributed by atoms with E-state index < -0.39 is 5.09 Å². The van der Waals surface area contributed by atoms with Crippen LogP contribution in [-0.4, -0.2) is 34.7 Å². The van der Waals surface area contributed by atoms with Crippen LogP contribution in [0.5, 0.6) is 0 Å². The molecule has 1 heterocycles. The first-order chi connectivity index (χ1) is 4.16. The lowest BCUT2D eigenvalue weighted by atomic mass is 10.5. The van der Waals surface area contributed by atoms with Gasteiger partial charge in [0, 0.05) is 0 Å². The normalized spacial score (nSPS) is 21.7. The molecule has 0 bridgehead atoms. The predicted octanol–water partition coefficient (Wildman–Crippen LogP) is -0.970. The Balaban J connectivity index is 0.000000148. The van der Waals surface area contributed by atoms with Crippen molar-refractivity contribution in [3.63, 3.8) is 0 Å². The molecule has 1 fully saturated rings. The van der Waals surface area contributed by atoms with E-state index in [2.05, 4.69) is 4.74 Å². The Labute approximate surface area is 50.8 Å². The van der Waals surface area contributed by atoms with E-state index in [1.807, 2.05) is 0 Å². The number of ether oxygens (including phenoxy) is 1. The van der Waals surface area contributed by atoms with Gasteiger partial charge in [-0.3, -0.25) is 0 Å². The van der Waals surface area contributed by atoms with E-state index in [4.69, 9.17) is 20.4 Å². The molecule has 1 atom stereocenters. The minimum absolute atomic E-state index is 0.190. The molecule has 1 saturated heterocycles. The highest BCUT2D eigenvalue weighted by Crippen LogP contribution is 2.04. The van der Waals surface area contributed by atoms with E-state index in [0.29, 0.717) is 0 Å². The highest BCUT2D eigenvalue weighted by molar-refractivity contribution is 4.65. The first kappa shape index (κ1) is 8.12. The molecule has 0 radical (unpaired) electrons. The van der Waals surface area contributed by atoms with Crippen LogP contribution >= 0.6 is 0 Å². The van der Waals surface area contributed by atoms with Crippen molar-refractivity contribution in [3.05, 3.63) is 10.1 Å². The van der Waals surface area contributed by atoms with Gasteiger partial charge < -0.3 is 15.1 Å². The fraction of sp³-hybridized carbons (Fsp3) is 1.00. The molecule has 0 spiro atoms. The summed E-state index contributed by atoms with van der Waals surface area (Å²) < 4.78 is 4.61. The lowest BCUT2D eigenvalue weighted by Crippen LogP contribution is -1.88. The third kappa shape index (κ3) is 11.0. The topological polar surface area (TPSA) is 96.1 Å². The summed E-state index contributed by atoms with van der Waals surface area (Å²) in [7, 11) is 0. The highest BCUT2D eigenvalue weighted by atomic mass is 16.9. The number of rotatable bonds is 1. The van der Waals surface area contributed by atoms with Gasteiger partial charge in [-0.2, -0.15) is 0 Å². The van der Waals surface area contributed by atoms with E-state index in [9.17, 15) is 0 Å². The Bertz CT molecular complexity index is 86.2. The second kappa shape index (κ2) is 4.04. The molecule has 1 aliphatic rings. The maximum absolute atomic E-state index is 8.36. The van der Waals surface area contributed by atoms with Gasteiger partial charge in [0.05, 0.1) is 13.2 Å². The van der Waals surface area contributed by atoms with Crippen molar-refractivity contribution in [1.29, 1.82) is 0 Å². The molecule has 9 heavy (non-hydrogen) atoms. The number of hydrogen-bond donors (Lipinski definition) is 2. The fourth-order valence-electron chi connectivity index (χ4n) is 0.173. The monoisotopic (exact) mass is 137 g/mol. The van der Waals surface area contributed by atoms with E-state index in [1.54, 1.807) is 0 Å². The number of nitrogens with zero attached hydrogens (tertiary/aromatic N) is 1. The summed E-state index contributed by atoms with van der Waals surface area (Å²) in [6, 6.07) is 0. The number of hydrogen-bond acceptors (Lipinski definition) is 4. The molecule has 6 nitrogen and oxygen atoms in total. The zero-order valence-electron chi connectivity index (χ0n) is 4.56. The highest BCUT2D eigenvalue weighted by Gasteiger charge is 2.19. The van der Waals surface area contributed by atoms with E-state index in [1.165, 1.54) is 0 Å². The smallest absolute Gasteiger partial charge is 0.291 e. The molecular formula is C3H7NO5.